The van der Waals surface area contributed by atoms with Crippen molar-refractivity contribution < 1.29 is 4.52 Å². The minimum atomic E-state index is 0.489. The topological polar surface area (TPSA) is 64.9 Å². The van der Waals surface area contributed by atoms with Gasteiger partial charge in [-0.3, -0.25) is 0 Å². The molecule has 2 N–H and O–H groups in total. The second-order valence-electron chi connectivity index (χ2n) is 4.45. The molecule has 0 saturated heterocycles. The second-order valence-corrected chi connectivity index (χ2v) is 5.37. The van der Waals surface area contributed by atoms with E-state index in [0.717, 1.165) is 26.9 Å². The summed E-state index contributed by atoms with van der Waals surface area (Å²) in [6, 6.07) is 13.4. The van der Waals surface area contributed by atoms with Crippen LogP contribution in [0.1, 0.15) is 5.56 Å². The van der Waals surface area contributed by atoms with Crippen LogP contribution in [-0.4, -0.2) is 10.1 Å². The van der Waals surface area contributed by atoms with Crippen molar-refractivity contribution in [2.75, 3.05) is 5.73 Å². The standard InChI is InChI=1S/C15H12BrN3O/c1-9-12(6-3-7-13(9)17)14-18-15(20-19-14)10-4-2-5-11(16)8-10/h2-8H,17H2,1H3. The molecule has 3 aromatic rings. The maximum Gasteiger partial charge on any atom is 0.258 e. The predicted octanol–water partition coefficient (Wildman–Crippen LogP) is 4.06. The first-order valence-electron chi connectivity index (χ1n) is 6.10. The molecule has 4 nitrogen and oxygen atoms in total. The van der Waals surface area contributed by atoms with Gasteiger partial charge in [-0.1, -0.05) is 39.3 Å². The molecule has 20 heavy (non-hydrogen) atoms. The van der Waals surface area contributed by atoms with Crippen LogP contribution in [0.2, 0.25) is 0 Å². The van der Waals surface area contributed by atoms with Gasteiger partial charge in [0.25, 0.3) is 5.89 Å². The highest BCUT2D eigenvalue weighted by molar-refractivity contribution is 9.10. The highest BCUT2D eigenvalue weighted by atomic mass is 79.9. The van der Waals surface area contributed by atoms with Gasteiger partial charge < -0.3 is 10.3 Å². The Hall–Kier alpha value is -2.14. The molecule has 0 aliphatic carbocycles. The van der Waals surface area contributed by atoms with Gasteiger partial charge in [-0.05, 0) is 36.8 Å². The first-order chi connectivity index (χ1) is 9.65. The van der Waals surface area contributed by atoms with E-state index < -0.39 is 0 Å². The minimum absolute atomic E-state index is 0.489. The predicted molar refractivity (Wildman–Crippen MR) is 82.0 cm³/mol. The van der Waals surface area contributed by atoms with Crippen LogP contribution >= 0.6 is 15.9 Å². The number of anilines is 1. The van der Waals surface area contributed by atoms with Gasteiger partial charge in [-0.25, -0.2) is 0 Å². The molecular weight excluding hydrogens is 318 g/mol. The van der Waals surface area contributed by atoms with E-state index in [9.17, 15) is 0 Å². The lowest BCUT2D eigenvalue weighted by molar-refractivity contribution is 0.432. The van der Waals surface area contributed by atoms with Gasteiger partial charge in [0.2, 0.25) is 5.82 Å². The number of nitrogens with zero attached hydrogens (tertiary/aromatic N) is 2. The van der Waals surface area contributed by atoms with E-state index in [2.05, 4.69) is 26.1 Å². The van der Waals surface area contributed by atoms with Gasteiger partial charge in [0.05, 0.1) is 0 Å². The molecule has 0 amide bonds. The number of nitrogens with two attached hydrogens (primary N) is 1. The van der Waals surface area contributed by atoms with Crippen LogP contribution < -0.4 is 5.73 Å². The summed E-state index contributed by atoms with van der Waals surface area (Å²) in [5.41, 5.74) is 9.33. The quantitative estimate of drug-likeness (QED) is 0.720. The van der Waals surface area contributed by atoms with Gasteiger partial charge >= 0.3 is 0 Å². The summed E-state index contributed by atoms with van der Waals surface area (Å²) < 4.78 is 6.30. The molecule has 1 heterocycles. The van der Waals surface area contributed by atoms with E-state index in [0.29, 0.717) is 11.7 Å². The lowest BCUT2D eigenvalue weighted by Gasteiger charge is -2.03. The van der Waals surface area contributed by atoms with E-state index in [1.165, 1.54) is 0 Å². The molecule has 0 atom stereocenters. The molecule has 0 radical (unpaired) electrons. The van der Waals surface area contributed by atoms with Crippen LogP contribution in [0.5, 0.6) is 0 Å². The number of benzene rings is 2. The van der Waals surface area contributed by atoms with E-state index in [4.69, 9.17) is 10.3 Å². The van der Waals surface area contributed by atoms with Crippen molar-refractivity contribution in [2.24, 2.45) is 0 Å². The maximum atomic E-state index is 5.90. The number of rotatable bonds is 2. The lowest BCUT2D eigenvalue weighted by Crippen LogP contribution is -1.92. The molecule has 100 valence electrons. The van der Waals surface area contributed by atoms with Crippen LogP contribution in [0.15, 0.2) is 51.5 Å². The molecule has 0 aliphatic heterocycles. The average Bonchev–Trinajstić information content (AvgIpc) is 2.91. The van der Waals surface area contributed by atoms with Gasteiger partial charge in [0.15, 0.2) is 0 Å². The van der Waals surface area contributed by atoms with Crippen molar-refractivity contribution in [1.29, 1.82) is 0 Å². The third-order valence-corrected chi connectivity index (χ3v) is 3.61. The first kappa shape index (κ1) is 12.9. The fourth-order valence-electron chi connectivity index (χ4n) is 1.97. The molecule has 3 rings (SSSR count). The van der Waals surface area contributed by atoms with Crippen LogP contribution in [0.25, 0.3) is 22.8 Å². The Labute approximate surface area is 124 Å². The summed E-state index contributed by atoms with van der Waals surface area (Å²) in [5, 5.41) is 4.04. The summed E-state index contributed by atoms with van der Waals surface area (Å²) in [6.07, 6.45) is 0. The van der Waals surface area contributed by atoms with Crippen LogP contribution in [-0.2, 0) is 0 Å². The Morgan fingerprint density at radius 2 is 1.95 bits per heavy atom. The number of hydrogen-bond donors (Lipinski definition) is 1. The fraction of sp³-hybridized carbons (Fsp3) is 0.0667. The van der Waals surface area contributed by atoms with Gasteiger partial charge in [-0.15, -0.1) is 0 Å². The summed E-state index contributed by atoms with van der Waals surface area (Å²) in [4.78, 5) is 4.44. The van der Waals surface area contributed by atoms with Crippen molar-refractivity contribution in [3.8, 4) is 22.8 Å². The zero-order chi connectivity index (χ0) is 14.1. The van der Waals surface area contributed by atoms with E-state index in [1.807, 2.05) is 49.4 Å². The number of aromatic nitrogens is 2. The zero-order valence-electron chi connectivity index (χ0n) is 10.8. The van der Waals surface area contributed by atoms with Crippen molar-refractivity contribution in [1.82, 2.24) is 10.1 Å². The van der Waals surface area contributed by atoms with Crippen LogP contribution in [0.4, 0.5) is 5.69 Å². The molecule has 0 fully saturated rings. The van der Waals surface area contributed by atoms with E-state index in [-0.39, 0.29) is 0 Å². The SMILES string of the molecule is Cc1c(N)cccc1-c1noc(-c2cccc(Br)c2)n1. The van der Waals surface area contributed by atoms with Crippen molar-refractivity contribution >= 4 is 21.6 Å². The van der Waals surface area contributed by atoms with Crippen molar-refractivity contribution in [3.63, 3.8) is 0 Å². The Morgan fingerprint density at radius 1 is 1.15 bits per heavy atom. The summed E-state index contributed by atoms with van der Waals surface area (Å²) in [5.74, 6) is 1.04. The minimum Gasteiger partial charge on any atom is -0.398 e. The molecule has 2 aromatic carbocycles. The molecule has 0 bridgehead atoms. The molecule has 1 aromatic heterocycles. The molecule has 0 spiro atoms. The van der Waals surface area contributed by atoms with Crippen LogP contribution in [0, 0.1) is 6.92 Å². The fourth-order valence-corrected chi connectivity index (χ4v) is 2.37. The highest BCUT2D eigenvalue weighted by Crippen LogP contribution is 2.28. The molecular formula is C15H12BrN3O. The Balaban J connectivity index is 2.04. The van der Waals surface area contributed by atoms with Gasteiger partial charge in [-0.2, -0.15) is 4.98 Å². The zero-order valence-corrected chi connectivity index (χ0v) is 12.4. The summed E-state index contributed by atoms with van der Waals surface area (Å²) >= 11 is 3.43. The molecule has 0 aliphatic rings. The normalized spacial score (nSPS) is 10.7. The first-order valence-corrected chi connectivity index (χ1v) is 6.89. The van der Waals surface area contributed by atoms with Gasteiger partial charge in [0.1, 0.15) is 0 Å². The largest absolute Gasteiger partial charge is 0.398 e. The maximum absolute atomic E-state index is 5.90. The number of hydrogen-bond acceptors (Lipinski definition) is 4. The van der Waals surface area contributed by atoms with Crippen molar-refractivity contribution in [2.45, 2.75) is 6.92 Å². The van der Waals surface area contributed by atoms with E-state index >= 15 is 0 Å². The average molecular weight is 330 g/mol. The third kappa shape index (κ3) is 2.32. The lowest BCUT2D eigenvalue weighted by atomic mass is 10.1. The summed E-state index contributed by atoms with van der Waals surface area (Å²) in [7, 11) is 0. The Bertz CT molecular complexity index is 767. The molecule has 0 unspecified atom stereocenters. The third-order valence-electron chi connectivity index (χ3n) is 3.11. The van der Waals surface area contributed by atoms with E-state index in [1.54, 1.807) is 0 Å². The van der Waals surface area contributed by atoms with Gasteiger partial charge in [0, 0.05) is 21.3 Å². The number of nitrogen functional groups attached to an aromatic ring is 1. The number of halogens is 1. The second kappa shape index (κ2) is 5.09. The Kier molecular flexibility index (Phi) is 3.28. The smallest absolute Gasteiger partial charge is 0.258 e. The monoisotopic (exact) mass is 329 g/mol. The molecule has 0 saturated carbocycles. The van der Waals surface area contributed by atoms with Crippen LogP contribution in [0.3, 0.4) is 0 Å². The Morgan fingerprint density at radius 3 is 2.75 bits per heavy atom. The molecule has 5 heteroatoms. The highest BCUT2D eigenvalue weighted by Gasteiger charge is 2.13. The summed E-state index contributed by atoms with van der Waals surface area (Å²) in [6.45, 7) is 1.94. The van der Waals surface area contributed by atoms with Crippen molar-refractivity contribution in [3.05, 3.63) is 52.5 Å².